The summed E-state index contributed by atoms with van der Waals surface area (Å²) < 4.78 is 5.53. The Morgan fingerprint density at radius 1 is 1.35 bits per heavy atom. The molecule has 1 aromatic rings. The van der Waals surface area contributed by atoms with Gasteiger partial charge in [-0.05, 0) is 26.7 Å². The number of anilines is 1. The third-order valence-electron chi connectivity index (χ3n) is 2.79. The van der Waals surface area contributed by atoms with Gasteiger partial charge in [-0.2, -0.15) is 4.98 Å². The average molecular weight is 281 g/mol. The van der Waals surface area contributed by atoms with E-state index in [-0.39, 0.29) is 18.6 Å². The minimum absolute atomic E-state index is 0.0274. The van der Waals surface area contributed by atoms with Gasteiger partial charge in [-0.1, -0.05) is 13.8 Å². The van der Waals surface area contributed by atoms with Gasteiger partial charge >= 0.3 is 5.97 Å². The van der Waals surface area contributed by atoms with Crippen LogP contribution in [0.1, 0.15) is 33.4 Å². The number of hydrogen-bond acceptors (Lipinski definition) is 5. The molecular weight excluding hydrogens is 258 g/mol. The van der Waals surface area contributed by atoms with E-state index < -0.39 is 11.9 Å². The van der Waals surface area contributed by atoms with Crippen molar-refractivity contribution in [2.24, 2.45) is 11.8 Å². The Hall–Kier alpha value is -1.85. The van der Waals surface area contributed by atoms with Gasteiger partial charge in [-0.3, -0.25) is 4.79 Å². The van der Waals surface area contributed by atoms with Crippen LogP contribution in [0, 0.1) is 18.8 Å². The van der Waals surface area contributed by atoms with Crippen LogP contribution in [0.2, 0.25) is 0 Å². The van der Waals surface area contributed by atoms with Crippen molar-refractivity contribution in [1.29, 1.82) is 0 Å². The summed E-state index contributed by atoms with van der Waals surface area (Å²) in [7, 11) is 0. The Morgan fingerprint density at radius 3 is 2.50 bits per heavy atom. The Kier molecular flexibility index (Phi) is 5.73. The van der Waals surface area contributed by atoms with Crippen LogP contribution < -0.4 is 10.1 Å². The molecule has 0 saturated heterocycles. The van der Waals surface area contributed by atoms with Gasteiger partial charge in [0.15, 0.2) is 0 Å². The Bertz CT molecular complexity index is 461. The zero-order chi connectivity index (χ0) is 15.3. The Balaban J connectivity index is 2.76. The monoisotopic (exact) mass is 281 g/mol. The van der Waals surface area contributed by atoms with E-state index >= 15 is 0 Å². The second-order valence-electron chi connectivity index (χ2n) is 5.41. The maximum Gasteiger partial charge on any atom is 0.308 e. The fourth-order valence-corrected chi connectivity index (χ4v) is 1.73. The van der Waals surface area contributed by atoms with E-state index in [0.717, 1.165) is 5.69 Å². The first-order valence-corrected chi connectivity index (χ1v) is 6.78. The van der Waals surface area contributed by atoms with Gasteiger partial charge in [0.1, 0.15) is 0 Å². The van der Waals surface area contributed by atoms with Crippen molar-refractivity contribution in [3.05, 3.63) is 11.8 Å². The highest BCUT2D eigenvalue weighted by atomic mass is 16.5. The number of nitrogens with one attached hydrogen (secondary N) is 1. The number of hydrogen-bond donors (Lipinski definition) is 2. The first-order valence-electron chi connectivity index (χ1n) is 6.78. The van der Waals surface area contributed by atoms with Crippen LogP contribution in [-0.2, 0) is 4.79 Å². The summed E-state index contributed by atoms with van der Waals surface area (Å²) >= 11 is 0. The number of aliphatic carboxylic acids is 1. The maximum absolute atomic E-state index is 11.1. The summed E-state index contributed by atoms with van der Waals surface area (Å²) in [6, 6.07) is 1.75. The van der Waals surface area contributed by atoms with Gasteiger partial charge in [-0.15, -0.1) is 0 Å². The maximum atomic E-state index is 11.1. The molecule has 1 atom stereocenters. The predicted octanol–water partition coefficient (Wildman–Crippen LogP) is 2.34. The van der Waals surface area contributed by atoms with Gasteiger partial charge in [0.2, 0.25) is 11.8 Å². The van der Waals surface area contributed by atoms with Crippen molar-refractivity contribution in [1.82, 2.24) is 9.97 Å². The molecule has 112 valence electrons. The van der Waals surface area contributed by atoms with Crippen molar-refractivity contribution < 1.29 is 14.6 Å². The fraction of sp³-hybridized carbons (Fsp3) is 0.643. The molecule has 2 N–H and O–H groups in total. The summed E-state index contributed by atoms with van der Waals surface area (Å²) in [6.45, 7) is 9.73. The van der Waals surface area contributed by atoms with Crippen molar-refractivity contribution >= 4 is 11.9 Å². The smallest absolute Gasteiger partial charge is 0.308 e. The quantitative estimate of drug-likeness (QED) is 0.798. The number of carboxylic acid groups (broad SMARTS) is 1. The summed E-state index contributed by atoms with van der Waals surface area (Å²) in [5, 5.41) is 12.1. The van der Waals surface area contributed by atoms with Gasteiger partial charge < -0.3 is 15.2 Å². The number of carbonyl (C=O) groups is 1. The summed E-state index contributed by atoms with van der Waals surface area (Å²) in [4.78, 5) is 19.6. The molecular formula is C14H23N3O3. The molecule has 0 aliphatic carbocycles. The van der Waals surface area contributed by atoms with Gasteiger partial charge in [-0.25, -0.2) is 4.98 Å². The van der Waals surface area contributed by atoms with Gasteiger partial charge in [0, 0.05) is 18.3 Å². The van der Waals surface area contributed by atoms with E-state index in [1.165, 1.54) is 0 Å². The first kappa shape index (κ1) is 16.2. The zero-order valence-corrected chi connectivity index (χ0v) is 12.7. The van der Waals surface area contributed by atoms with E-state index in [2.05, 4.69) is 15.3 Å². The topological polar surface area (TPSA) is 84.3 Å². The van der Waals surface area contributed by atoms with Crippen LogP contribution in [0.15, 0.2) is 6.07 Å². The van der Waals surface area contributed by atoms with Crippen LogP contribution in [0.25, 0.3) is 0 Å². The van der Waals surface area contributed by atoms with E-state index in [9.17, 15) is 4.79 Å². The summed E-state index contributed by atoms with van der Waals surface area (Å²) in [6.07, 6.45) is 0.0274. The van der Waals surface area contributed by atoms with Crippen LogP contribution >= 0.6 is 0 Å². The molecule has 1 rings (SSSR count). The first-order chi connectivity index (χ1) is 9.29. The summed E-state index contributed by atoms with van der Waals surface area (Å²) in [5.74, 6) is -0.373. The molecule has 1 unspecified atom stereocenters. The number of aromatic nitrogens is 2. The van der Waals surface area contributed by atoms with Crippen LogP contribution in [0.5, 0.6) is 5.88 Å². The molecule has 6 nitrogen and oxygen atoms in total. The number of nitrogens with zero attached hydrogens (tertiary/aromatic N) is 2. The fourth-order valence-electron chi connectivity index (χ4n) is 1.73. The highest BCUT2D eigenvalue weighted by Crippen LogP contribution is 2.16. The largest absolute Gasteiger partial charge is 0.481 e. The third-order valence-corrected chi connectivity index (χ3v) is 2.79. The lowest BCUT2D eigenvalue weighted by molar-refractivity contribution is -0.142. The van der Waals surface area contributed by atoms with E-state index in [1.807, 2.05) is 34.6 Å². The van der Waals surface area contributed by atoms with E-state index in [4.69, 9.17) is 9.84 Å². The molecule has 0 fully saturated rings. The lowest BCUT2D eigenvalue weighted by atomic mass is 9.96. The standard InChI is InChI=1S/C14H23N3O3/c1-8(2)11(13(18)19)7-15-14-16-10(5)6-12(17-14)20-9(3)4/h6,8-9,11H,7H2,1-5H3,(H,18,19)(H,15,16,17). The normalized spacial score (nSPS) is 12.6. The van der Waals surface area contributed by atoms with Crippen molar-refractivity contribution in [3.8, 4) is 5.88 Å². The SMILES string of the molecule is Cc1cc(OC(C)C)nc(NCC(C(=O)O)C(C)C)n1. The Morgan fingerprint density at radius 2 is 2.00 bits per heavy atom. The third kappa shape index (κ3) is 5.03. The highest BCUT2D eigenvalue weighted by molar-refractivity contribution is 5.71. The minimum Gasteiger partial charge on any atom is -0.481 e. The van der Waals surface area contributed by atoms with Crippen molar-refractivity contribution in [3.63, 3.8) is 0 Å². The molecule has 0 spiro atoms. The van der Waals surface area contributed by atoms with Crippen LogP contribution in [-0.4, -0.2) is 33.7 Å². The number of aryl methyl sites for hydroxylation is 1. The van der Waals surface area contributed by atoms with Gasteiger partial charge in [0.05, 0.1) is 12.0 Å². The molecule has 0 aliphatic rings. The number of rotatable bonds is 7. The molecule has 0 amide bonds. The lowest BCUT2D eigenvalue weighted by Crippen LogP contribution is -2.28. The van der Waals surface area contributed by atoms with Crippen molar-refractivity contribution in [2.75, 3.05) is 11.9 Å². The zero-order valence-electron chi connectivity index (χ0n) is 12.7. The van der Waals surface area contributed by atoms with Gasteiger partial charge in [0.25, 0.3) is 0 Å². The second kappa shape index (κ2) is 7.07. The Labute approximate surface area is 119 Å². The molecule has 1 heterocycles. The lowest BCUT2D eigenvalue weighted by Gasteiger charge is -2.17. The second-order valence-corrected chi connectivity index (χ2v) is 5.41. The molecule has 0 aliphatic heterocycles. The highest BCUT2D eigenvalue weighted by Gasteiger charge is 2.21. The molecule has 1 aromatic heterocycles. The molecule has 0 aromatic carbocycles. The minimum atomic E-state index is -0.821. The van der Waals surface area contributed by atoms with E-state index in [1.54, 1.807) is 6.07 Å². The van der Waals surface area contributed by atoms with Crippen LogP contribution in [0.4, 0.5) is 5.95 Å². The molecule has 20 heavy (non-hydrogen) atoms. The number of carboxylic acids is 1. The van der Waals surface area contributed by atoms with E-state index in [0.29, 0.717) is 11.8 Å². The summed E-state index contributed by atoms with van der Waals surface area (Å²) in [5.41, 5.74) is 0.773. The molecule has 0 saturated carbocycles. The van der Waals surface area contributed by atoms with Crippen LogP contribution in [0.3, 0.4) is 0 Å². The predicted molar refractivity (Wildman–Crippen MR) is 77.0 cm³/mol. The average Bonchev–Trinajstić information content (AvgIpc) is 2.26. The molecule has 6 heteroatoms. The number of ether oxygens (including phenoxy) is 1. The molecule has 0 bridgehead atoms. The molecule has 0 radical (unpaired) electrons. The van der Waals surface area contributed by atoms with Crippen molar-refractivity contribution in [2.45, 2.75) is 40.7 Å².